The molecule has 1 aliphatic rings. The summed E-state index contributed by atoms with van der Waals surface area (Å²) in [7, 11) is 0. The van der Waals surface area contributed by atoms with Gasteiger partial charge in [-0.3, -0.25) is 0 Å². The third-order valence-electron chi connectivity index (χ3n) is 0.703. The van der Waals surface area contributed by atoms with Gasteiger partial charge >= 0.3 is 0 Å². The second-order valence-electron chi connectivity index (χ2n) is 1.22. The van der Waals surface area contributed by atoms with Crippen molar-refractivity contribution in [3.8, 4) is 0 Å². The lowest BCUT2D eigenvalue weighted by atomic mass is 10.5. The van der Waals surface area contributed by atoms with Crippen molar-refractivity contribution in [2.75, 3.05) is 0 Å². The summed E-state index contributed by atoms with van der Waals surface area (Å²) in [4.78, 5) is 0. The van der Waals surface area contributed by atoms with Crippen molar-refractivity contribution in [1.82, 2.24) is 10.9 Å². The average Bonchev–Trinajstić information content (AvgIpc) is 1.61. The monoisotopic (exact) mass is 199 g/mol. The minimum Gasteiger partial charge on any atom is -0.313 e. The minimum absolute atomic E-state index is 0.158. The maximum Gasteiger partial charge on any atom is 0.102 e. The van der Waals surface area contributed by atoms with Crippen molar-refractivity contribution in [3.63, 3.8) is 0 Å². The Kier molecular flexibility index (Phi) is 1.28. The molecule has 0 saturated carbocycles. The van der Waals surface area contributed by atoms with E-state index in [-0.39, 0.29) is 6.17 Å². The lowest BCUT2D eigenvalue weighted by Gasteiger charge is -2.31. The Labute approximate surface area is 49.8 Å². The molecule has 1 saturated heterocycles. The normalized spacial score (nSPS) is 45.0. The summed E-state index contributed by atoms with van der Waals surface area (Å²) in [5.41, 5.74) is 11.0. The molecule has 0 aromatic heterocycles. The quantitative estimate of drug-likeness (QED) is 0.270. The number of nitrogens with two attached hydrogens (primary N) is 1. The standard InChI is InChI=1S/C2H6IN3/c3-1-2(4)6-5-1/h1-2,5-6H,4H2/t1-,2?/m0/s1. The van der Waals surface area contributed by atoms with Crippen molar-refractivity contribution in [2.45, 2.75) is 10.2 Å². The van der Waals surface area contributed by atoms with Crippen LogP contribution in [0.3, 0.4) is 0 Å². The largest absolute Gasteiger partial charge is 0.313 e. The van der Waals surface area contributed by atoms with Crippen LogP contribution in [0.25, 0.3) is 0 Å². The molecular weight excluding hydrogens is 193 g/mol. The summed E-state index contributed by atoms with van der Waals surface area (Å²) < 4.78 is 0.419. The molecule has 1 fully saturated rings. The van der Waals surface area contributed by atoms with Crippen LogP contribution >= 0.6 is 22.6 Å². The first kappa shape index (κ1) is 4.76. The van der Waals surface area contributed by atoms with Gasteiger partial charge in [0.2, 0.25) is 0 Å². The topological polar surface area (TPSA) is 50.1 Å². The Hall–Kier alpha value is 0.610. The lowest BCUT2D eigenvalue weighted by Crippen LogP contribution is -2.68. The van der Waals surface area contributed by atoms with Gasteiger partial charge < -0.3 is 5.73 Å². The van der Waals surface area contributed by atoms with Gasteiger partial charge in [0, 0.05) is 0 Å². The molecule has 36 valence electrons. The van der Waals surface area contributed by atoms with E-state index >= 15 is 0 Å². The van der Waals surface area contributed by atoms with Gasteiger partial charge in [-0.25, -0.2) is 10.9 Å². The van der Waals surface area contributed by atoms with E-state index < -0.39 is 0 Å². The van der Waals surface area contributed by atoms with Crippen molar-refractivity contribution >= 4 is 22.6 Å². The smallest absolute Gasteiger partial charge is 0.102 e. The Bertz CT molecular complexity index is 48.8. The van der Waals surface area contributed by atoms with Crippen LogP contribution in [0, 0.1) is 0 Å². The first-order chi connectivity index (χ1) is 2.80. The van der Waals surface area contributed by atoms with Gasteiger partial charge in [-0.1, -0.05) is 22.6 Å². The van der Waals surface area contributed by atoms with E-state index in [4.69, 9.17) is 5.73 Å². The molecule has 0 bridgehead atoms. The first-order valence-corrected chi connectivity index (χ1v) is 2.96. The average molecular weight is 199 g/mol. The zero-order chi connectivity index (χ0) is 4.57. The fourth-order valence-corrected chi connectivity index (χ4v) is 0.602. The molecule has 1 aliphatic heterocycles. The predicted octanol–water partition coefficient (Wildman–Crippen LogP) is -0.860. The Morgan fingerprint density at radius 3 is 2.00 bits per heavy atom. The van der Waals surface area contributed by atoms with E-state index in [9.17, 15) is 0 Å². The van der Waals surface area contributed by atoms with Crippen molar-refractivity contribution in [3.05, 3.63) is 0 Å². The summed E-state index contributed by atoms with van der Waals surface area (Å²) in [5.74, 6) is 0. The molecule has 4 N–H and O–H groups in total. The number of halogens is 1. The highest BCUT2D eigenvalue weighted by Gasteiger charge is 2.21. The summed E-state index contributed by atoms with van der Waals surface area (Å²) in [6.45, 7) is 0. The fraction of sp³-hybridized carbons (Fsp3) is 1.00. The Morgan fingerprint density at radius 2 is 2.00 bits per heavy atom. The molecule has 1 unspecified atom stereocenters. The Balaban J connectivity index is 2.20. The highest BCUT2D eigenvalue weighted by molar-refractivity contribution is 14.1. The molecule has 0 spiro atoms. The van der Waals surface area contributed by atoms with Crippen LogP contribution in [0.2, 0.25) is 0 Å². The van der Waals surface area contributed by atoms with E-state index in [1.807, 2.05) is 0 Å². The molecule has 0 aromatic carbocycles. The summed E-state index contributed by atoms with van der Waals surface area (Å²) >= 11 is 2.22. The van der Waals surface area contributed by atoms with Gasteiger partial charge in [0.15, 0.2) is 0 Å². The van der Waals surface area contributed by atoms with Crippen molar-refractivity contribution in [1.29, 1.82) is 0 Å². The molecule has 6 heavy (non-hydrogen) atoms. The van der Waals surface area contributed by atoms with Crippen LogP contribution in [-0.2, 0) is 0 Å². The van der Waals surface area contributed by atoms with E-state index in [1.165, 1.54) is 0 Å². The highest BCUT2D eigenvalue weighted by atomic mass is 127. The number of hydrogen-bond donors (Lipinski definition) is 3. The molecular formula is C2H6IN3. The number of alkyl halides is 1. The van der Waals surface area contributed by atoms with Crippen LogP contribution in [0.5, 0.6) is 0 Å². The van der Waals surface area contributed by atoms with Crippen molar-refractivity contribution in [2.24, 2.45) is 5.73 Å². The van der Waals surface area contributed by atoms with E-state index in [0.29, 0.717) is 4.05 Å². The Morgan fingerprint density at radius 1 is 1.50 bits per heavy atom. The molecule has 3 nitrogen and oxygen atoms in total. The fourth-order valence-electron chi connectivity index (χ4n) is 0.243. The number of nitrogens with one attached hydrogen (secondary N) is 2. The lowest BCUT2D eigenvalue weighted by molar-refractivity contribution is 0.292. The van der Waals surface area contributed by atoms with Crippen LogP contribution in [0.4, 0.5) is 0 Å². The van der Waals surface area contributed by atoms with Gasteiger partial charge in [-0.15, -0.1) is 0 Å². The maximum absolute atomic E-state index is 5.34. The molecule has 0 amide bonds. The number of hydrazine groups is 1. The van der Waals surface area contributed by atoms with Crippen LogP contribution in [0.15, 0.2) is 0 Å². The SMILES string of the molecule is NC1NN[C@@H]1I. The van der Waals surface area contributed by atoms with Gasteiger partial charge in [0.05, 0.1) is 6.17 Å². The number of hydrogen-bond acceptors (Lipinski definition) is 3. The third kappa shape index (κ3) is 0.651. The maximum atomic E-state index is 5.34. The molecule has 1 rings (SSSR count). The van der Waals surface area contributed by atoms with Gasteiger partial charge in [-0.2, -0.15) is 0 Å². The van der Waals surface area contributed by atoms with Gasteiger partial charge in [0.1, 0.15) is 4.05 Å². The first-order valence-electron chi connectivity index (χ1n) is 1.71. The molecule has 0 aliphatic carbocycles. The molecule has 0 radical (unpaired) electrons. The van der Waals surface area contributed by atoms with E-state index in [2.05, 4.69) is 33.4 Å². The molecule has 2 atom stereocenters. The van der Waals surface area contributed by atoms with Crippen LogP contribution < -0.4 is 16.6 Å². The van der Waals surface area contributed by atoms with Crippen LogP contribution in [-0.4, -0.2) is 10.2 Å². The molecule has 4 heteroatoms. The van der Waals surface area contributed by atoms with E-state index in [1.54, 1.807) is 0 Å². The van der Waals surface area contributed by atoms with Gasteiger partial charge in [-0.05, 0) is 0 Å². The second kappa shape index (κ2) is 1.61. The number of rotatable bonds is 0. The summed E-state index contributed by atoms with van der Waals surface area (Å²) in [6, 6.07) is 0. The van der Waals surface area contributed by atoms with E-state index in [0.717, 1.165) is 0 Å². The van der Waals surface area contributed by atoms with Crippen molar-refractivity contribution < 1.29 is 0 Å². The van der Waals surface area contributed by atoms with Crippen LogP contribution in [0.1, 0.15) is 0 Å². The molecule has 1 heterocycles. The third-order valence-corrected chi connectivity index (χ3v) is 1.79. The summed E-state index contributed by atoms with van der Waals surface area (Å²) in [6.07, 6.45) is 0.158. The second-order valence-corrected chi connectivity index (χ2v) is 2.56. The zero-order valence-electron chi connectivity index (χ0n) is 3.11. The zero-order valence-corrected chi connectivity index (χ0v) is 5.27. The minimum atomic E-state index is 0.158. The van der Waals surface area contributed by atoms with Gasteiger partial charge in [0.25, 0.3) is 0 Å². The predicted molar refractivity (Wildman–Crippen MR) is 32.1 cm³/mol. The molecule has 0 aromatic rings. The highest BCUT2D eigenvalue weighted by Crippen LogP contribution is 2.02. The summed E-state index contributed by atoms with van der Waals surface area (Å²) in [5, 5.41) is 0.